The molecule has 0 radical (unpaired) electrons. The highest BCUT2D eigenvalue weighted by atomic mass is 32.2. The predicted octanol–water partition coefficient (Wildman–Crippen LogP) is 2.15. The van der Waals surface area contributed by atoms with Crippen LogP contribution in [-0.4, -0.2) is 42.5 Å². The molecule has 0 spiro atoms. The van der Waals surface area contributed by atoms with Gasteiger partial charge in [-0.15, -0.1) is 0 Å². The SMILES string of the molecule is CCS(=O)(=O)N1Cc2ccccc2C[C@H]1C(=O)OC(C)C(=O)NCc1ccc(F)cc1. The number of halogens is 1. The molecule has 0 saturated heterocycles. The zero-order chi connectivity index (χ0) is 22.6. The molecule has 1 N–H and O–H groups in total. The molecule has 1 aliphatic heterocycles. The summed E-state index contributed by atoms with van der Waals surface area (Å²) < 4.78 is 44.6. The average Bonchev–Trinajstić information content (AvgIpc) is 2.77. The number of hydrogen-bond donors (Lipinski definition) is 1. The molecule has 0 aromatic heterocycles. The summed E-state index contributed by atoms with van der Waals surface area (Å²) in [6.07, 6.45) is -0.936. The van der Waals surface area contributed by atoms with Gasteiger partial charge < -0.3 is 10.1 Å². The number of rotatable bonds is 7. The van der Waals surface area contributed by atoms with Crippen LogP contribution in [0, 0.1) is 5.82 Å². The maximum absolute atomic E-state index is 13.0. The van der Waals surface area contributed by atoms with Gasteiger partial charge in [-0.2, -0.15) is 4.31 Å². The van der Waals surface area contributed by atoms with Gasteiger partial charge >= 0.3 is 5.97 Å². The molecule has 2 aromatic carbocycles. The summed E-state index contributed by atoms with van der Waals surface area (Å²) in [5.41, 5.74) is 2.41. The highest BCUT2D eigenvalue weighted by Gasteiger charge is 2.39. The number of fused-ring (bicyclic) bond motifs is 1. The maximum Gasteiger partial charge on any atom is 0.325 e. The van der Waals surface area contributed by atoms with Crippen LogP contribution in [0.4, 0.5) is 4.39 Å². The molecular formula is C22H25FN2O5S. The lowest BCUT2D eigenvalue weighted by atomic mass is 9.96. The summed E-state index contributed by atoms with van der Waals surface area (Å²) >= 11 is 0. The van der Waals surface area contributed by atoms with Crippen LogP contribution in [0.2, 0.25) is 0 Å². The van der Waals surface area contributed by atoms with Gasteiger partial charge in [0.25, 0.3) is 5.91 Å². The van der Waals surface area contributed by atoms with Crippen LogP contribution < -0.4 is 5.32 Å². The molecule has 0 fully saturated rings. The fraction of sp³-hybridized carbons (Fsp3) is 0.364. The van der Waals surface area contributed by atoms with E-state index in [1.807, 2.05) is 24.3 Å². The first-order chi connectivity index (χ1) is 14.7. The van der Waals surface area contributed by atoms with Crippen LogP contribution in [0.1, 0.15) is 30.5 Å². The molecule has 9 heteroatoms. The number of carbonyl (C=O) groups excluding carboxylic acids is 2. The molecule has 1 amide bonds. The fourth-order valence-corrected chi connectivity index (χ4v) is 4.62. The monoisotopic (exact) mass is 448 g/mol. The number of hydrogen-bond acceptors (Lipinski definition) is 5. The highest BCUT2D eigenvalue weighted by Crippen LogP contribution is 2.27. The summed E-state index contributed by atoms with van der Waals surface area (Å²) in [6.45, 7) is 3.17. The van der Waals surface area contributed by atoms with Gasteiger partial charge in [0.05, 0.1) is 5.75 Å². The second kappa shape index (κ2) is 9.57. The quantitative estimate of drug-likeness (QED) is 0.656. The van der Waals surface area contributed by atoms with E-state index in [2.05, 4.69) is 5.32 Å². The largest absolute Gasteiger partial charge is 0.451 e. The third kappa shape index (κ3) is 5.48. The average molecular weight is 449 g/mol. The molecular weight excluding hydrogens is 423 g/mol. The number of sulfonamides is 1. The minimum absolute atomic E-state index is 0.0806. The molecule has 1 aliphatic rings. The van der Waals surface area contributed by atoms with E-state index in [1.165, 1.54) is 26.0 Å². The lowest BCUT2D eigenvalue weighted by Crippen LogP contribution is -2.51. The second-order valence-corrected chi connectivity index (χ2v) is 9.57. The van der Waals surface area contributed by atoms with Gasteiger partial charge in [-0.3, -0.25) is 9.59 Å². The maximum atomic E-state index is 13.0. The summed E-state index contributed by atoms with van der Waals surface area (Å²) in [6, 6.07) is 12.0. The van der Waals surface area contributed by atoms with Gasteiger partial charge in [0.15, 0.2) is 6.10 Å². The number of benzene rings is 2. The van der Waals surface area contributed by atoms with Crippen molar-refractivity contribution in [3.8, 4) is 0 Å². The van der Waals surface area contributed by atoms with E-state index in [0.29, 0.717) is 5.56 Å². The van der Waals surface area contributed by atoms with Gasteiger partial charge in [-0.25, -0.2) is 12.8 Å². The molecule has 2 atom stereocenters. The van der Waals surface area contributed by atoms with E-state index < -0.39 is 34.0 Å². The number of amides is 1. The Kier molecular flexibility index (Phi) is 7.07. The van der Waals surface area contributed by atoms with Crippen LogP contribution in [-0.2, 0) is 43.9 Å². The third-order valence-electron chi connectivity index (χ3n) is 5.24. The van der Waals surface area contributed by atoms with Crippen molar-refractivity contribution in [2.24, 2.45) is 0 Å². The topological polar surface area (TPSA) is 92.8 Å². The van der Waals surface area contributed by atoms with Crippen molar-refractivity contribution in [2.75, 3.05) is 5.75 Å². The summed E-state index contributed by atoms with van der Waals surface area (Å²) in [4.78, 5) is 25.2. The Morgan fingerprint density at radius 3 is 2.45 bits per heavy atom. The second-order valence-electron chi connectivity index (χ2n) is 7.36. The molecule has 0 aliphatic carbocycles. The van der Waals surface area contributed by atoms with Crippen molar-refractivity contribution < 1.29 is 27.1 Å². The molecule has 166 valence electrons. The first-order valence-corrected chi connectivity index (χ1v) is 11.6. The van der Waals surface area contributed by atoms with Crippen molar-refractivity contribution >= 4 is 21.9 Å². The van der Waals surface area contributed by atoms with E-state index in [1.54, 1.807) is 12.1 Å². The Hall–Kier alpha value is -2.78. The lowest BCUT2D eigenvalue weighted by molar-refractivity contribution is -0.158. The zero-order valence-electron chi connectivity index (χ0n) is 17.4. The van der Waals surface area contributed by atoms with E-state index in [4.69, 9.17) is 4.74 Å². The summed E-state index contributed by atoms with van der Waals surface area (Å²) in [7, 11) is -3.66. The van der Waals surface area contributed by atoms with Crippen LogP contribution in [0.5, 0.6) is 0 Å². The highest BCUT2D eigenvalue weighted by molar-refractivity contribution is 7.89. The molecule has 3 rings (SSSR count). The Morgan fingerprint density at radius 1 is 1.16 bits per heavy atom. The molecule has 7 nitrogen and oxygen atoms in total. The van der Waals surface area contributed by atoms with Crippen molar-refractivity contribution in [3.05, 3.63) is 71.0 Å². The Balaban J connectivity index is 1.67. The normalized spacial score (nSPS) is 17.5. The van der Waals surface area contributed by atoms with Crippen molar-refractivity contribution in [3.63, 3.8) is 0 Å². The van der Waals surface area contributed by atoms with E-state index in [0.717, 1.165) is 15.4 Å². The van der Waals surface area contributed by atoms with Crippen molar-refractivity contribution in [1.82, 2.24) is 9.62 Å². The Labute approximate surface area is 181 Å². The first-order valence-electron chi connectivity index (χ1n) is 10.00. The first kappa shape index (κ1) is 22.9. The van der Waals surface area contributed by atoms with Crippen molar-refractivity contribution in [1.29, 1.82) is 0 Å². The molecule has 1 unspecified atom stereocenters. The van der Waals surface area contributed by atoms with Crippen molar-refractivity contribution in [2.45, 2.75) is 45.5 Å². The zero-order valence-corrected chi connectivity index (χ0v) is 18.2. The Morgan fingerprint density at radius 2 is 1.81 bits per heavy atom. The predicted molar refractivity (Wildman–Crippen MR) is 113 cm³/mol. The number of nitrogens with zero attached hydrogens (tertiary/aromatic N) is 1. The summed E-state index contributed by atoms with van der Waals surface area (Å²) in [5, 5.41) is 2.62. The minimum Gasteiger partial charge on any atom is -0.451 e. The molecule has 2 aromatic rings. The fourth-order valence-electron chi connectivity index (χ4n) is 3.40. The number of nitrogens with one attached hydrogen (secondary N) is 1. The lowest BCUT2D eigenvalue weighted by Gasteiger charge is -2.34. The third-order valence-corrected chi connectivity index (χ3v) is 7.07. The minimum atomic E-state index is -3.66. The standard InChI is InChI=1S/C22H25FN2O5S/c1-3-31(28,29)25-14-18-7-5-4-6-17(18)12-20(25)22(27)30-15(2)21(26)24-13-16-8-10-19(23)11-9-16/h4-11,15,20H,3,12-14H2,1-2H3,(H,24,26)/t15?,20-/m0/s1. The van der Waals surface area contributed by atoms with Crippen LogP contribution >= 0.6 is 0 Å². The summed E-state index contributed by atoms with van der Waals surface area (Å²) in [5.74, 6) is -1.82. The van der Waals surface area contributed by atoms with Gasteiger partial charge in [0.2, 0.25) is 10.0 Å². The van der Waals surface area contributed by atoms with Gasteiger partial charge in [0.1, 0.15) is 11.9 Å². The molecule has 1 heterocycles. The number of esters is 1. The van der Waals surface area contributed by atoms with Gasteiger partial charge in [-0.05, 0) is 42.7 Å². The van der Waals surface area contributed by atoms with Crippen LogP contribution in [0.15, 0.2) is 48.5 Å². The van der Waals surface area contributed by atoms with E-state index in [9.17, 15) is 22.4 Å². The molecule has 31 heavy (non-hydrogen) atoms. The van der Waals surface area contributed by atoms with Gasteiger partial charge in [0, 0.05) is 19.5 Å². The molecule has 0 saturated carbocycles. The van der Waals surface area contributed by atoms with Gasteiger partial charge in [-0.1, -0.05) is 36.4 Å². The molecule has 0 bridgehead atoms. The number of ether oxygens (including phenoxy) is 1. The van der Waals surface area contributed by atoms with E-state index >= 15 is 0 Å². The number of carbonyl (C=O) groups is 2. The van der Waals surface area contributed by atoms with Crippen LogP contribution in [0.3, 0.4) is 0 Å². The smallest absolute Gasteiger partial charge is 0.325 e. The Bertz CT molecular complexity index is 1060. The van der Waals surface area contributed by atoms with Crippen LogP contribution in [0.25, 0.3) is 0 Å². The van der Waals surface area contributed by atoms with E-state index in [-0.39, 0.29) is 31.1 Å².